The molecule has 0 heterocycles. The summed E-state index contributed by atoms with van der Waals surface area (Å²) in [6.07, 6.45) is 2.83. The molecule has 1 unspecified atom stereocenters. The lowest BCUT2D eigenvalue weighted by atomic mass is 9.88. The molecule has 0 aliphatic heterocycles. The first-order valence-corrected chi connectivity index (χ1v) is 7.37. The van der Waals surface area contributed by atoms with Crippen molar-refractivity contribution in [2.24, 2.45) is 5.73 Å². The zero-order valence-electron chi connectivity index (χ0n) is 12.9. The molecule has 1 fully saturated rings. The summed E-state index contributed by atoms with van der Waals surface area (Å²) in [6.45, 7) is 1.85. The number of hydrogen-bond acceptors (Lipinski definition) is 3. The number of hydrogen-bond donors (Lipinski definition) is 2. The third-order valence-electron chi connectivity index (χ3n) is 4.65. The van der Waals surface area contributed by atoms with Crippen LogP contribution in [0.3, 0.4) is 0 Å². The van der Waals surface area contributed by atoms with E-state index in [1.165, 1.54) is 12.1 Å². The fraction of sp³-hybridized carbons (Fsp3) is 0.562. The predicted molar refractivity (Wildman–Crippen MR) is 79.4 cm³/mol. The first-order valence-electron chi connectivity index (χ1n) is 7.37. The smallest absolute Gasteiger partial charge is 0.324 e. The second-order valence-corrected chi connectivity index (χ2v) is 6.48. The summed E-state index contributed by atoms with van der Waals surface area (Å²) in [5.74, 6) is -2.25. The van der Waals surface area contributed by atoms with E-state index in [2.05, 4.69) is 0 Å². The molecule has 1 saturated carbocycles. The van der Waals surface area contributed by atoms with Gasteiger partial charge in [0.1, 0.15) is 17.2 Å². The molecule has 0 amide bonds. The summed E-state index contributed by atoms with van der Waals surface area (Å²) >= 11 is 0. The molecule has 3 N–H and O–H groups in total. The van der Waals surface area contributed by atoms with Gasteiger partial charge in [-0.2, -0.15) is 0 Å². The van der Waals surface area contributed by atoms with Crippen LogP contribution in [0.4, 0.5) is 8.78 Å². The maximum Gasteiger partial charge on any atom is 0.324 e. The first-order chi connectivity index (χ1) is 10.2. The van der Waals surface area contributed by atoms with Gasteiger partial charge in [-0.15, -0.1) is 0 Å². The number of likely N-dealkylation sites (N-methyl/N-ethyl adjacent to an activating group) is 1. The Morgan fingerprint density at radius 2 is 1.82 bits per heavy atom. The Balaban J connectivity index is 2.25. The number of halogens is 2. The van der Waals surface area contributed by atoms with E-state index in [0.717, 1.165) is 18.9 Å². The molecule has 6 heteroatoms. The van der Waals surface area contributed by atoms with Crippen LogP contribution in [0.5, 0.6) is 0 Å². The monoisotopic (exact) mass is 312 g/mol. The van der Waals surface area contributed by atoms with Crippen LogP contribution in [0.1, 0.15) is 38.2 Å². The van der Waals surface area contributed by atoms with Gasteiger partial charge in [0.05, 0.1) is 5.54 Å². The fourth-order valence-corrected chi connectivity index (χ4v) is 3.34. The van der Waals surface area contributed by atoms with E-state index < -0.39 is 28.7 Å². The van der Waals surface area contributed by atoms with Crippen molar-refractivity contribution in [3.63, 3.8) is 0 Å². The molecule has 2 rings (SSSR count). The van der Waals surface area contributed by atoms with Crippen LogP contribution in [-0.4, -0.2) is 35.1 Å². The number of nitrogens with zero attached hydrogens (tertiary/aromatic N) is 1. The van der Waals surface area contributed by atoms with Crippen molar-refractivity contribution in [3.05, 3.63) is 35.4 Å². The van der Waals surface area contributed by atoms with Gasteiger partial charge < -0.3 is 10.8 Å². The topological polar surface area (TPSA) is 66.6 Å². The quantitative estimate of drug-likeness (QED) is 0.876. The van der Waals surface area contributed by atoms with Crippen LogP contribution < -0.4 is 5.73 Å². The highest BCUT2D eigenvalue weighted by atomic mass is 19.1. The predicted octanol–water partition coefficient (Wildman–Crippen LogP) is 2.47. The van der Waals surface area contributed by atoms with Crippen molar-refractivity contribution in [1.82, 2.24) is 4.90 Å². The molecule has 1 aliphatic rings. The standard InChI is InChI=1S/C16H22F2N2O2/c1-15(19,11-7-12(17)9-13(18)8-11)10-20(2)16(14(21)22)5-3-4-6-16/h7-9H,3-6,10,19H2,1-2H3,(H,21,22). The number of aliphatic carboxylic acids is 1. The average molecular weight is 312 g/mol. The molecule has 22 heavy (non-hydrogen) atoms. The molecule has 0 radical (unpaired) electrons. The van der Waals surface area contributed by atoms with Crippen LogP contribution in [-0.2, 0) is 10.3 Å². The van der Waals surface area contributed by atoms with Crippen molar-refractivity contribution in [3.8, 4) is 0 Å². The average Bonchev–Trinajstić information content (AvgIpc) is 2.87. The number of carboxylic acids is 1. The van der Waals surface area contributed by atoms with E-state index in [0.29, 0.717) is 18.4 Å². The second-order valence-electron chi connectivity index (χ2n) is 6.48. The second kappa shape index (κ2) is 5.93. The number of benzene rings is 1. The Bertz CT molecular complexity index is 549. The Labute approximate surface area is 128 Å². The van der Waals surface area contributed by atoms with Crippen LogP contribution in [0.15, 0.2) is 18.2 Å². The van der Waals surface area contributed by atoms with Gasteiger partial charge in [-0.3, -0.25) is 9.69 Å². The lowest BCUT2D eigenvalue weighted by Crippen LogP contribution is -2.56. The molecule has 122 valence electrons. The molecular formula is C16H22F2N2O2. The molecular weight excluding hydrogens is 290 g/mol. The van der Waals surface area contributed by atoms with Gasteiger partial charge >= 0.3 is 5.97 Å². The molecule has 0 spiro atoms. The van der Waals surface area contributed by atoms with Gasteiger partial charge in [-0.1, -0.05) is 12.8 Å². The van der Waals surface area contributed by atoms with E-state index in [-0.39, 0.29) is 6.54 Å². The lowest BCUT2D eigenvalue weighted by Gasteiger charge is -2.40. The maximum absolute atomic E-state index is 13.4. The minimum absolute atomic E-state index is 0.197. The highest BCUT2D eigenvalue weighted by molar-refractivity contribution is 5.79. The van der Waals surface area contributed by atoms with E-state index in [1.54, 1.807) is 18.9 Å². The zero-order chi connectivity index (χ0) is 16.5. The number of carbonyl (C=O) groups is 1. The van der Waals surface area contributed by atoms with Crippen LogP contribution >= 0.6 is 0 Å². The molecule has 1 atom stereocenters. The Hall–Kier alpha value is -1.53. The lowest BCUT2D eigenvalue weighted by molar-refractivity contribution is -0.151. The van der Waals surface area contributed by atoms with E-state index in [9.17, 15) is 18.7 Å². The zero-order valence-corrected chi connectivity index (χ0v) is 12.9. The molecule has 0 bridgehead atoms. The summed E-state index contributed by atoms with van der Waals surface area (Å²) in [4.78, 5) is 13.4. The van der Waals surface area contributed by atoms with Gasteiger partial charge in [0, 0.05) is 12.6 Å². The highest BCUT2D eigenvalue weighted by Gasteiger charge is 2.46. The number of rotatable bonds is 5. The summed E-state index contributed by atoms with van der Waals surface area (Å²) in [7, 11) is 1.71. The van der Waals surface area contributed by atoms with E-state index in [1.807, 2.05) is 0 Å². The van der Waals surface area contributed by atoms with Gasteiger partial charge in [-0.05, 0) is 44.5 Å². The maximum atomic E-state index is 13.4. The normalized spacial score (nSPS) is 20.1. The van der Waals surface area contributed by atoms with Crippen molar-refractivity contribution in [1.29, 1.82) is 0 Å². The fourth-order valence-electron chi connectivity index (χ4n) is 3.34. The highest BCUT2D eigenvalue weighted by Crippen LogP contribution is 2.36. The Morgan fingerprint density at radius 1 is 1.32 bits per heavy atom. The van der Waals surface area contributed by atoms with Gasteiger partial charge in [-0.25, -0.2) is 8.78 Å². The molecule has 0 aromatic heterocycles. The Kier molecular flexibility index (Phi) is 4.54. The van der Waals surface area contributed by atoms with Gasteiger partial charge in [0.2, 0.25) is 0 Å². The summed E-state index contributed by atoms with van der Waals surface area (Å²) in [6, 6.07) is 3.18. The van der Waals surface area contributed by atoms with Crippen molar-refractivity contribution >= 4 is 5.97 Å². The SMILES string of the molecule is CN(CC(C)(N)c1cc(F)cc(F)c1)C1(C(=O)O)CCCC1. The van der Waals surface area contributed by atoms with Crippen LogP contribution in [0, 0.1) is 11.6 Å². The minimum Gasteiger partial charge on any atom is -0.480 e. The van der Waals surface area contributed by atoms with Crippen molar-refractivity contribution in [2.75, 3.05) is 13.6 Å². The molecule has 1 aromatic rings. The number of nitrogens with two attached hydrogens (primary N) is 1. The van der Waals surface area contributed by atoms with Gasteiger partial charge in [0.15, 0.2) is 0 Å². The first kappa shape index (κ1) is 16.8. The third-order valence-corrected chi connectivity index (χ3v) is 4.65. The molecule has 1 aromatic carbocycles. The Morgan fingerprint density at radius 3 is 2.27 bits per heavy atom. The van der Waals surface area contributed by atoms with E-state index in [4.69, 9.17) is 5.73 Å². The summed E-state index contributed by atoms with van der Waals surface area (Å²) in [5, 5.41) is 9.59. The summed E-state index contributed by atoms with van der Waals surface area (Å²) < 4.78 is 26.8. The largest absolute Gasteiger partial charge is 0.480 e. The molecule has 1 aliphatic carbocycles. The number of carboxylic acid groups (broad SMARTS) is 1. The third kappa shape index (κ3) is 3.13. The minimum atomic E-state index is -1.05. The van der Waals surface area contributed by atoms with Gasteiger partial charge in [0.25, 0.3) is 0 Å². The van der Waals surface area contributed by atoms with E-state index >= 15 is 0 Å². The molecule has 4 nitrogen and oxygen atoms in total. The summed E-state index contributed by atoms with van der Waals surface area (Å²) in [5.41, 5.74) is 4.56. The van der Waals surface area contributed by atoms with Crippen LogP contribution in [0.25, 0.3) is 0 Å². The molecule has 0 saturated heterocycles. The van der Waals surface area contributed by atoms with Crippen molar-refractivity contribution < 1.29 is 18.7 Å². The van der Waals surface area contributed by atoms with Crippen LogP contribution in [0.2, 0.25) is 0 Å². The van der Waals surface area contributed by atoms with Crippen molar-refractivity contribution in [2.45, 2.75) is 43.7 Å².